The number of rotatable bonds is 10. The minimum atomic E-state index is -4.11. The summed E-state index contributed by atoms with van der Waals surface area (Å²) in [5.41, 5.74) is 0.795. The first kappa shape index (κ1) is 25.8. The highest BCUT2D eigenvalue weighted by Crippen LogP contribution is 2.32. The highest BCUT2D eigenvalue weighted by atomic mass is 32.2. The molecule has 0 fully saturated rings. The lowest BCUT2D eigenvalue weighted by Gasteiger charge is -2.25. The van der Waals surface area contributed by atoms with Crippen LogP contribution in [0.2, 0.25) is 0 Å². The number of benzene rings is 3. The van der Waals surface area contributed by atoms with Crippen molar-refractivity contribution < 1.29 is 22.7 Å². The number of hydrogen-bond donors (Lipinski definition) is 2. The topological polar surface area (TPSA) is 105 Å². The molecule has 2 amide bonds. The summed E-state index contributed by atoms with van der Waals surface area (Å²) in [6.07, 6.45) is 0.755. The first-order valence-electron chi connectivity index (χ1n) is 11.2. The van der Waals surface area contributed by atoms with Gasteiger partial charge in [-0.3, -0.25) is 13.9 Å². The summed E-state index contributed by atoms with van der Waals surface area (Å²) in [4.78, 5) is 25.9. The van der Waals surface area contributed by atoms with Gasteiger partial charge in [0.1, 0.15) is 12.3 Å². The van der Waals surface area contributed by atoms with E-state index in [1.54, 1.807) is 66.7 Å². The summed E-state index contributed by atoms with van der Waals surface area (Å²) in [5, 5.41) is 5.57. The number of nitrogens with one attached hydrogen (secondary N) is 2. The first-order valence-corrected chi connectivity index (χ1v) is 12.6. The van der Waals surface area contributed by atoms with Gasteiger partial charge in [-0.25, -0.2) is 8.42 Å². The Kier molecular flexibility index (Phi) is 8.48. The normalized spacial score (nSPS) is 11.9. The summed E-state index contributed by atoms with van der Waals surface area (Å²) in [6.45, 7) is 3.32. The molecule has 0 saturated carbocycles. The lowest BCUT2D eigenvalue weighted by Crippen LogP contribution is -2.39. The molecule has 0 aliphatic rings. The average Bonchev–Trinajstić information content (AvgIpc) is 2.87. The third kappa shape index (κ3) is 6.19. The van der Waals surface area contributed by atoms with Gasteiger partial charge in [0.25, 0.3) is 15.9 Å². The Hall–Kier alpha value is -3.85. The predicted molar refractivity (Wildman–Crippen MR) is 136 cm³/mol. The fourth-order valence-electron chi connectivity index (χ4n) is 3.37. The van der Waals surface area contributed by atoms with Crippen LogP contribution in [0.15, 0.2) is 83.8 Å². The number of anilines is 2. The van der Waals surface area contributed by atoms with Gasteiger partial charge in [0.2, 0.25) is 5.91 Å². The van der Waals surface area contributed by atoms with Gasteiger partial charge in [-0.15, -0.1) is 0 Å². The van der Waals surface area contributed by atoms with Crippen molar-refractivity contribution in [1.82, 2.24) is 5.32 Å². The molecule has 0 unspecified atom stereocenters. The van der Waals surface area contributed by atoms with Crippen LogP contribution in [0, 0.1) is 0 Å². The maximum absolute atomic E-state index is 13.5. The van der Waals surface area contributed by atoms with E-state index in [1.807, 2.05) is 13.8 Å². The zero-order valence-electron chi connectivity index (χ0n) is 19.9. The largest absolute Gasteiger partial charge is 0.495 e. The molecule has 3 aromatic rings. The van der Waals surface area contributed by atoms with Crippen molar-refractivity contribution in [3.63, 3.8) is 0 Å². The highest BCUT2D eigenvalue weighted by molar-refractivity contribution is 7.92. The molecule has 3 rings (SSSR count). The lowest BCUT2D eigenvalue weighted by molar-refractivity contribution is -0.114. The Morgan fingerprint density at radius 3 is 2.26 bits per heavy atom. The van der Waals surface area contributed by atoms with Gasteiger partial charge < -0.3 is 15.4 Å². The second-order valence-electron chi connectivity index (χ2n) is 7.87. The van der Waals surface area contributed by atoms with Crippen LogP contribution in [0.4, 0.5) is 11.4 Å². The van der Waals surface area contributed by atoms with Gasteiger partial charge in [0, 0.05) is 6.04 Å². The minimum absolute atomic E-state index is 0.0343. The van der Waals surface area contributed by atoms with E-state index in [4.69, 9.17) is 4.74 Å². The maximum atomic E-state index is 13.5. The summed E-state index contributed by atoms with van der Waals surface area (Å²) in [6, 6.07) is 21.0. The number of carbonyl (C=O) groups is 2. The Morgan fingerprint density at radius 1 is 0.943 bits per heavy atom. The van der Waals surface area contributed by atoms with E-state index in [1.165, 1.54) is 19.2 Å². The molecule has 0 aliphatic heterocycles. The molecular weight excluding hydrogens is 466 g/mol. The van der Waals surface area contributed by atoms with E-state index >= 15 is 0 Å². The molecular formula is C26H29N3O5S. The van der Waals surface area contributed by atoms with Crippen molar-refractivity contribution in [2.45, 2.75) is 31.2 Å². The molecule has 2 N–H and O–H groups in total. The number of hydrogen-bond acceptors (Lipinski definition) is 5. The van der Waals surface area contributed by atoms with Crippen LogP contribution < -0.4 is 19.7 Å². The Balaban J connectivity index is 1.94. The monoisotopic (exact) mass is 495 g/mol. The lowest BCUT2D eigenvalue weighted by atomic mass is 10.1. The van der Waals surface area contributed by atoms with E-state index in [2.05, 4.69) is 10.6 Å². The predicted octanol–water partition coefficient (Wildman–Crippen LogP) is 4.06. The van der Waals surface area contributed by atoms with Gasteiger partial charge in [0.15, 0.2) is 0 Å². The quantitative estimate of drug-likeness (QED) is 0.441. The van der Waals surface area contributed by atoms with Crippen molar-refractivity contribution in [1.29, 1.82) is 0 Å². The molecule has 0 spiro atoms. The molecule has 35 heavy (non-hydrogen) atoms. The number of para-hydroxylation sites is 3. The minimum Gasteiger partial charge on any atom is -0.495 e. The standard InChI is InChI=1S/C26H29N3O5S/c1-4-19(2)27-26(31)21-14-8-9-15-22(21)28-25(30)18-29(23-16-10-11-17-24(23)34-3)35(32,33)20-12-6-5-7-13-20/h5-17,19H,4,18H2,1-3H3,(H,27,31)(H,28,30)/t19-/m0/s1. The maximum Gasteiger partial charge on any atom is 0.264 e. The highest BCUT2D eigenvalue weighted by Gasteiger charge is 2.29. The van der Waals surface area contributed by atoms with E-state index in [-0.39, 0.29) is 33.8 Å². The number of carbonyl (C=O) groups excluding carboxylic acids is 2. The number of ether oxygens (including phenoxy) is 1. The van der Waals surface area contributed by atoms with Crippen LogP contribution >= 0.6 is 0 Å². The zero-order valence-corrected chi connectivity index (χ0v) is 20.7. The van der Waals surface area contributed by atoms with Gasteiger partial charge in [-0.05, 0) is 49.7 Å². The fraction of sp³-hybridized carbons (Fsp3) is 0.231. The molecule has 0 heterocycles. The average molecular weight is 496 g/mol. The second-order valence-corrected chi connectivity index (χ2v) is 9.74. The zero-order chi connectivity index (χ0) is 25.4. The van der Waals surface area contributed by atoms with Crippen LogP contribution in [0.25, 0.3) is 0 Å². The number of nitrogens with zero attached hydrogens (tertiary/aromatic N) is 1. The SMILES string of the molecule is CC[C@H](C)NC(=O)c1ccccc1NC(=O)CN(c1ccccc1OC)S(=O)(=O)c1ccccc1. The van der Waals surface area contributed by atoms with Crippen LogP contribution in [-0.4, -0.2) is 39.9 Å². The molecule has 3 aromatic carbocycles. The van der Waals surface area contributed by atoms with E-state index < -0.39 is 22.5 Å². The molecule has 0 bridgehead atoms. The van der Waals surface area contributed by atoms with E-state index in [0.717, 1.165) is 10.7 Å². The van der Waals surface area contributed by atoms with Crippen molar-refractivity contribution in [3.8, 4) is 5.75 Å². The molecule has 1 atom stereocenters. The third-order valence-corrected chi connectivity index (χ3v) is 7.18. The van der Waals surface area contributed by atoms with Crippen LogP contribution in [0.5, 0.6) is 5.75 Å². The van der Waals surface area contributed by atoms with E-state index in [0.29, 0.717) is 5.75 Å². The second kappa shape index (κ2) is 11.5. The summed E-state index contributed by atoms with van der Waals surface area (Å²) < 4.78 is 33.5. The summed E-state index contributed by atoms with van der Waals surface area (Å²) in [5.74, 6) is -0.638. The fourth-order valence-corrected chi connectivity index (χ4v) is 4.82. The van der Waals surface area contributed by atoms with Crippen molar-refractivity contribution >= 4 is 33.2 Å². The molecule has 0 aromatic heterocycles. The molecule has 9 heteroatoms. The Morgan fingerprint density at radius 2 is 1.57 bits per heavy atom. The summed E-state index contributed by atoms with van der Waals surface area (Å²) >= 11 is 0. The van der Waals surface area contributed by atoms with Crippen LogP contribution in [0.1, 0.15) is 30.6 Å². The molecule has 8 nitrogen and oxygen atoms in total. The Bertz CT molecular complexity index is 1280. The number of methoxy groups -OCH3 is 1. The smallest absolute Gasteiger partial charge is 0.264 e. The van der Waals surface area contributed by atoms with Gasteiger partial charge in [0.05, 0.1) is 28.9 Å². The van der Waals surface area contributed by atoms with Gasteiger partial charge in [-0.2, -0.15) is 0 Å². The van der Waals surface area contributed by atoms with Crippen LogP contribution in [0.3, 0.4) is 0 Å². The van der Waals surface area contributed by atoms with Gasteiger partial charge >= 0.3 is 0 Å². The number of amides is 2. The molecule has 0 aliphatic carbocycles. The van der Waals surface area contributed by atoms with Crippen LogP contribution in [-0.2, 0) is 14.8 Å². The molecule has 0 saturated heterocycles. The van der Waals surface area contributed by atoms with Crippen molar-refractivity contribution in [2.75, 3.05) is 23.3 Å². The first-order chi connectivity index (χ1) is 16.8. The number of sulfonamides is 1. The van der Waals surface area contributed by atoms with Gasteiger partial charge in [-0.1, -0.05) is 49.4 Å². The third-order valence-electron chi connectivity index (χ3n) is 5.41. The molecule has 184 valence electrons. The van der Waals surface area contributed by atoms with E-state index in [9.17, 15) is 18.0 Å². The van der Waals surface area contributed by atoms with Crippen molar-refractivity contribution in [3.05, 3.63) is 84.4 Å². The summed E-state index contributed by atoms with van der Waals surface area (Å²) in [7, 11) is -2.68. The van der Waals surface area contributed by atoms with Crippen molar-refractivity contribution in [2.24, 2.45) is 0 Å². The molecule has 0 radical (unpaired) electrons. The Labute approximate surface area is 206 Å².